The summed E-state index contributed by atoms with van der Waals surface area (Å²) in [7, 11) is 0. The van der Waals surface area contributed by atoms with Crippen LogP contribution >= 0.6 is 0 Å². The van der Waals surface area contributed by atoms with Gasteiger partial charge in [-0.05, 0) is 77.0 Å². The number of carbonyl (C=O) groups is 2. The van der Waals surface area contributed by atoms with Crippen LogP contribution in [0.1, 0.15) is 380 Å². The van der Waals surface area contributed by atoms with Crippen LogP contribution in [0.4, 0.5) is 0 Å². The van der Waals surface area contributed by atoms with Crippen molar-refractivity contribution < 1.29 is 24.5 Å². The molecule has 0 aromatic heterocycles. The monoisotopic (exact) mass is 1080 g/mol. The summed E-state index contributed by atoms with van der Waals surface area (Å²) < 4.78 is 5.47. The fourth-order valence-corrected chi connectivity index (χ4v) is 10.8. The topological polar surface area (TPSA) is 95.9 Å². The molecular formula is C71H135NO5. The van der Waals surface area contributed by atoms with Crippen molar-refractivity contribution in [2.24, 2.45) is 0 Å². The normalized spacial score (nSPS) is 12.7. The molecule has 0 spiro atoms. The molecule has 0 aromatic carbocycles. The van der Waals surface area contributed by atoms with E-state index in [9.17, 15) is 19.8 Å². The lowest BCUT2D eigenvalue weighted by Gasteiger charge is -2.22. The van der Waals surface area contributed by atoms with Gasteiger partial charge in [-0.3, -0.25) is 9.59 Å². The molecular weight excluding hydrogens is 947 g/mol. The molecule has 77 heavy (non-hydrogen) atoms. The van der Waals surface area contributed by atoms with Gasteiger partial charge in [-0.25, -0.2) is 0 Å². The number of nitrogens with one attached hydrogen (secondary N) is 1. The van der Waals surface area contributed by atoms with Crippen LogP contribution in [0.25, 0.3) is 0 Å². The fourth-order valence-electron chi connectivity index (χ4n) is 10.8. The highest BCUT2D eigenvalue weighted by atomic mass is 16.5. The highest BCUT2D eigenvalue weighted by molar-refractivity contribution is 5.76. The first kappa shape index (κ1) is 75.1. The van der Waals surface area contributed by atoms with Gasteiger partial charge in [-0.2, -0.15) is 0 Å². The van der Waals surface area contributed by atoms with E-state index in [2.05, 4.69) is 55.6 Å². The Morgan fingerprint density at radius 3 is 1.04 bits per heavy atom. The van der Waals surface area contributed by atoms with Gasteiger partial charge in [0.2, 0.25) is 5.91 Å². The minimum absolute atomic E-state index is 0.00921. The van der Waals surface area contributed by atoms with Crippen molar-refractivity contribution in [3.63, 3.8) is 0 Å². The minimum atomic E-state index is -0.660. The van der Waals surface area contributed by atoms with Gasteiger partial charge in [0.15, 0.2) is 0 Å². The molecule has 0 aliphatic carbocycles. The summed E-state index contributed by atoms with van der Waals surface area (Å²) in [5.74, 6) is -0.0229. The molecule has 454 valence electrons. The van der Waals surface area contributed by atoms with Gasteiger partial charge in [0.25, 0.3) is 0 Å². The van der Waals surface area contributed by atoms with Crippen LogP contribution in [0.2, 0.25) is 0 Å². The van der Waals surface area contributed by atoms with E-state index >= 15 is 0 Å². The molecule has 0 saturated heterocycles. The van der Waals surface area contributed by atoms with E-state index in [0.29, 0.717) is 25.9 Å². The summed E-state index contributed by atoms with van der Waals surface area (Å²) >= 11 is 0. The average molecular weight is 1080 g/mol. The maximum Gasteiger partial charge on any atom is 0.305 e. The number of allylic oxidation sites excluding steroid dienone is 6. The molecule has 0 radical (unpaired) electrons. The number of unbranched alkanes of at least 4 members (excludes halogenated alkanes) is 48. The number of aliphatic hydroxyl groups is 2. The highest BCUT2D eigenvalue weighted by Gasteiger charge is 2.20. The summed E-state index contributed by atoms with van der Waals surface area (Å²) in [5, 5.41) is 23.2. The Hall–Kier alpha value is -1.92. The molecule has 0 fully saturated rings. The number of ether oxygens (including phenoxy) is 1. The van der Waals surface area contributed by atoms with E-state index in [1.807, 2.05) is 0 Å². The fraction of sp³-hybridized carbons (Fsp3) is 0.887. The quantitative estimate of drug-likeness (QED) is 0.0320. The molecule has 0 bridgehead atoms. The Labute approximate surface area is 481 Å². The SMILES string of the molecule is CCCC/C=C\CCCCCCCC(=O)OCCCCCCCCCCCCCCCCC/C=C\C/C=C\CCCCCCCCCCCCCCCCCCCC(=O)NC(CO)C(O)CCCCCCCCCCCC. The van der Waals surface area contributed by atoms with E-state index in [1.165, 1.54) is 295 Å². The summed E-state index contributed by atoms with van der Waals surface area (Å²) in [6, 6.07) is -0.537. The Morgan fingerprint density at radius 2 is 0.662 bits per heavy atom. The number of esters is 1. The molecule has 0 aromatic rings. The van der Waals surface area contributed by atoms with Crippen LogP contribution in [-0.4, -0.2) is 47.4 Å². The van der Waals surface area contributed by atoms with Crippen molar-refractivity contribution in [2.45, 2.75) is 392 Å². The van der Waals surface area contributed by atoms with Crippen molar-refractivity contribution in [1.82, 2.24) is 5.32 Å². The molecule has 2 atom stereocenters. The van der Waals surface area contributed by atoms with Crippen molar-refractivity contribution in [3.8, 4) is 0 Å². The summed E-state index contributed by atoms with van der Waals surface area (Å²) in [5.41, 5.74) is 0. The lowest BCUT2D eigenvalue weighted by Crippen LogP contribution is -2.45. The third-order valence-electron chi connectivity index (χ3n) is 16.2. The van der Waals surface area contributed by atoms with Gasteiger partial charge in [0, 0.05) is 12.8 Å². The van der Waals surface area contributed by atoms with E-state index in [4.69, 9.17) is 4.74 Å². The van der Waals surface area contributed by atoms with E-state index in [-0.39, 0.29) is 18.5 Å². The standard InChI is InChI=1S/C71H135NO5/c1-3-5-7-9-11-13-44-49-53-57-61-65-71(76)77-66-62-58-54-50-46-43-41-39-37-35-33-31-29-27-25-23-21-19-17-15-16-18-20-22-24-26-28-30-32-34-36-38-40-42-45-48-52-56-60-64-70(75)72-68(67-73)69(74)63-59-55-51-47-14-12-10-8-6-4-2/h9,11,15-16,19,21,68-69,73-74H,3-8,10,12-14,17-18,20,22-67H2,1-2H3,(H,72,75)/b11-9-,16-15-,21-19-. The second kappa shape index (κ2) is 66.6. The van der Waals surface area contributed by atoms with Crippen molar-refractivity contribution >= 4 is 11.9 Å². The molecule has 0 aliphatic rings. The lowest BCUT2D eigenvalue weighted by molar-refractivity contribution is -0.143. The molecule has 1 amide bonds. The van der Waals surface area contributed by atoms with Gasteiger partial charge in [0.05, 0.1) is 25.4 Å². The molecule has 0 saturated carbocycles. The zero-order chi connectivity index (χ0) is 55.7. The zero-order valence-corrected chi connectivity index (χ0v) is 52.0. The van der Waals surface area contributed by atoms with Crippen LogP contribution in [0.5, 0.6) is 0 Å². The molecule has 2 unspecified atom stereocenters. The maximum absolute atomic E-state index is 12.4. The van der Waals surface area contributed by atoms with Crippen molar-refractivity contribution in [1.29, 1.82) is 0 Å². The summed E-state index contributed by atoms with van der Waals surface area (Å²) in [6.07, 6.45) is 85.0. The molecule has 6 nitrogen and oxygen atoms in total. The van der Waals surface area contributed by atoms with Crippen LogP contribution < -0.4 is 5.32 Å². The Morgan fingerprint density at radius 1 is 0.364 bits per heavy atom. The number of amides is 1. The van der Waals surface area contributed by atoms with Gasteiger partial charge < -0.3 is 20.3 Å². The first-order valence-electron chi connectivity index (χ1n) is 34.7. The zero-order valence-electron chi connectivity index (χ0n) is 52.0. The van der Waals surface area contributed by atoms with Gasteiger partial charge in [0.1, 0.15) is 0 Å². The Kier molecular flexibility index (Phi) is 64.9. The summed E-state index contributed by atoms with van der Waals surface area (Å²) in [4.78, 5) is 24.4. The molecule has 6 heteroatoms. The van der Waals surface area contributed by atoms with E-state index in [0.717, 1.165) is 51.4 Å². The predicted octanol–water partition coefficient (Wildman–Crippen LogP) is 22.3. The third-order valence-corrected chi connectivity index (χ3v) is 16.2. The van der Waals surface area contributed by atoms with Crippen LogP contribution in [-0.2, 0) is 14.3 Å². The molecule has 0 rings (SSSR count). The van der Waals surface area contributed by atoms with Gasteiger partial charge in [-0.1, -0.05) is 326 Å². The van der Waals surface area contributed by atoms with Crippen LogP contribution in [0, 0.1) is 0 Å². The Balaban J connectivity index is 3.33. The van der Waals surface area contributed by atoms with Crippen molar-refractivity contribution in [2.75, 3.05) is 13.2 Å². The number of hydrogen-bond donors (Lipinski definition) is 3. The highest BCUT2D eigenvalue weighted by Crippen LogP contribution is 2.18. The number of rotatable bonds is 65. The summed E-state index contributed by atoms with van der Waals surface area (Å²) in [6.45, 7) is 4.92. The third kappa shape index (κ3) is 63.1. The van der Waals surface area contributed by atoms with E-state index < -0.39 is 12.1 Å². The van der Waals surface area contributed by atoms with Crippen LogP contribution in [0.3, 0.4) is 0 Å². The lowest BCUT2D eigenvalue weighted by atomic mass is 10.0. The first-order chi connectivity index (χ1) is 38.0. The second-order valence-corrected chi connectivity index (χ2v) is 23.9. The smallest absolute Gasteiger partial charge is 0.305 e. The maximum atomic E-state index is 12.4. The minimum Gasteiger partial charge on any atom is -0.466 e. The number of carbonyl (C=O) groups excluding carboxylic acids is 2. The van der Waals surface area contributed by atoms with Gasteiger partial charge >= 0.3 is 5.97 Å². The molecule has 0 aliphatic heterocycles. The predicted molar refractivity (Wildman–Crippen MR) is 338 cm³/mol. The van der Waals surface area contributed by atoms with Crippen molar-refractivity contribution in [3.05, 3.63) is 36.5 Å². The largest absolute Gasteiger partial charge is 0.466 e. The molecule has 0 heterocycles. The number of aliphatic hydroxyl groups excluding tert-OH is 2. The number of hydrogen-bond acceptors (Lipinski definition) is 5. The Bertz CT molecular complexity index is 1250. The van der Waals surface area contributed by atoms with Crippen LogP contribution in [0.15, 0.2) is 36.5 Å². The van der Waals surface area contributed by atoms with Gasteiger partial charge in [-0.15, -0.1) is 0 Å². The first-order valence-corrected chi connectivity index (χ1v) is 34.7. The average Bonchev–Trinajstić information content (AvgIpc) is 3.43. The van der Waals surface area contributed by atoms with E-state index in [1.54, 1.807) is 0 Å². The molecule has 3 N–H and O–H groups in total. The second-order valence-electron chi connectivity index (χ2n) is 23.9.